The maximum atomic E-state index is 11.3. The number of nitrogens with zero attached hydrogens (tertiary/aromatic N) is 2. The van der Waals surface area contributed by atoms with Gasteiger partial charge in [-0.25, -0.2) is 20.2 Å². The molecule has 1 heterocycles. The molecule has 1 aromatic heterocycles. The number of aromatic nitrogens is 2. The Balaban J connectivity index is 2.90. The topological polar surface area (TPSA) is 73.3 Å². The van der Waals surface area contributed by atoms with Crippen LogP contribution in [0.4, 0.5) is 5.82 Å². The molecule has 0 amide bonds. The molecule has 1 rings (SSSR count). The number of terminal acetylenes is 1. The average molecular weight is 221 g/mol. The van der Waals surface area contributed by atoms with Gasteiger partial charge in [-0.1, -0.05) is 5.92 Å². The number of methoxy groups -OCH3 is 1. The minimum Gasteiger partial charge on any atom is -0.465 e. The minimum atomic E-state index is -0.549. The van der Waals surface area contributed by atoms with E-state index >= 15 is 0 Å². The predicted octanol–water partition coefficient (Wildman–Crippen LogP) is 0.548. The predicted molar refractivity (Wildman–Crippen MR) is 56.5 cm³/mol. The molecule has 0 fully saturated rings. The third-order valence-corrected chi connectivity index (χ3v) is 1.64. The zero-order chi connectivity index (χ0) is 12.0. The van der Waals surface area contributed by atoms with Gasteiger partial charge in [-0.05, 0) is 6.92 Å². The van der Waals surface area contributed by atoms with Crippen LogP contribution in [-0.4, -0.2) is 29.7 Å². The lowest BCUT2D eigenvalue weighted by atomic mass is 10.3. The Morgan fingerprint density at radius 2 is 2.44 bits per heavy atom. The van der Waals surface area contributed by atoms with Crippen LogP contribution in [0.3, 0.4) is 0 Å². The molecular weight excluding hydrogens is 210 g/mol. The van der Waals surface area contributed by atoms with Crippen molar-refractivity contribution in [2.45, 2.75) is 6.92 Å². The fraction of sp³-hybridized carbons (Fsp3) is 0.300. The largest absolute Gasteiger partial charge is 0.465 e. The quantitative estimate of drug-likeness (QED) is 0.346. The number of carbonyl (C=O) groups is 1. The first-order valence-electron chi connectivity index (χ1n) is 4.42. The number of ether oxygens (including phenoxy) is 1. The van der Waals surface area contributed by atoms with Crippen LogP contribution in [0.15, 0.2) is 6.20 Å². The minimum absolute atomic E-state index is 0.0592. The van der Waals surface area contributed by atoms with Crippen molar-refractivity contribution in [3.8, 4) is 12.3 Å². The van der Waals surface area contributed by atoms with Crippen LogP contribution in [0.5, 0.6) is 0 Å². The number of rotatable bonds is 4. The summed E-state index contributed by atoms with van der Waals surface area (Å²) < 4.78 is 4.57. The van der Waals surface area contributed by atoms with Gasteiger partial charge >= 0.3 is 5.97 Å². The molecule has 0 atom stereocenters. The second-order valence-electron chi connectivity index (χ2n) is 2.77. The van der Waals surface area contributed by atoms with Crippen LogP contribution in [-0.2, 0) is 9.57 Å². The molecule has 1 N–H and O–H groups in total. The molecule has 0 radical (unpaired) electrons. The van der Waals surface area contributed by atoms with E-state index in [1.165, 1.54) is 13.3 Å². The van der Waals surface area contributed by atoms with Crippen molar-refractivity contribution in [3.05, 3.63) is 17.6 Å². The molecule has 0 saturated carbocycles. The molecule has 6 heteroatoms. The standard InChI is InChI=1S/C10H11N3O3/c1-4-5-16-13-9-8(10(14)15-3)6-11-7(2)12-9/h1,6H,5H2,2-3H3,(H,11,12,13). The molecule has 0 spiro atoms. The molecule has 0 saturated heterocycles. The van der Waals surface area contributed by atoms with Gasteiger partial charge in [0.1, 0.15) is 18.0 Å². The van der Waals surface area contributed by atoms with E-state index in [-0.39, 0.29) is 18.0 Å². The fourth-order valence-electron chi connectivity index (χ4n) is 0.953. The van der Waals surface area contributed by atoms with Crippen LogP contribution in [0.1, 0.15) is 16.2 Å². The maximum absolute atomic E-state index is 11.3. The van der Waals surface area contributed by atoms with Crippen LogP contribution >= 0.6 is 0 Å². The van der Waals surface area contributed by atoms with Crippen molar-refractivity contribution in [2.75, 3.05) is 19.2 Å². The Kier molecular flexibility index (Phi) is 4.24. The summed E-state index contributed by atoms with van der Waals surface area (Å²) in [5.74, 6) is 2.45. The summed E-state index contributed by atoms with van der Waals surface area (Å²) in [6, 6.07) is 0. The van der Waals surface area contributed by atoms with Crippen LogP contribution < -0.4 is 5.48 Å². The molecule has 0 unspecified atom stereocenters. The molecule has 6 nitrogen and oxygen atoms in total. The highest BCUT2D eigenvalue weighted by atomic mass is 16.6. The monoisotopic (exact) mass is 221 g/mol. The van der Waals surface area contributed by atoms with E-state index in [2.05, 4.69) is 26.1 Å². The number of esters is 1. The second kappa shape index (κ2) is 5.68. The van der Waals surface area contributed by atoms with Crippen LogP contribution in [0.25, 0.3) is 0 Å². The molecule has 0 aliphatic carbocycles. The van der Waals surface area contributed by atoms with Crippen molar-refractivity contribution in [1.82, 2.24) is 9.97 Å². The van der Waals surface area contributed by atoms with Gasteiger partial charge < -0.3 is 4.74 Å². The highest BCUT2D eigenvalue weighted by Crippen LogP contribution is 2.12. The number of hydrogen-bond acceptors (Lipinski definition) is 6. The van der Waals surface area contributed by atoms with Crippen molar-refractivity contribution in [3.63, 3.8) is 0 Å². The molecule has 0 aromatic carbocycles. The Morgan fingerprint density at radius 3 is 3.06 bits per heavy atom. The lowest BCUT2D eigenvalue weighted by Crippen LogP contribution is -2.12. The molecule has 0 aliphatic heterocycles. The molecule has 84 valence electrons. The zero-order valence-corrected chi connectivity index (χ0v) is 8.98. The van der Waals surface area contributed by atoms with E-state index in [1.807, 2.05) is 0 Å². The summed E-state index contributed by atoms with van der Waals surface area (Å²) in [5, 5.41) is 0. The van der Waals surface area contributed by atoms with E-state index in [0.717, 1.165) is 0 Å². The van der Waals surface area contributed by atoms with E-state index in [1.54, 1.807) is 6.92 Å². The first-order valence-corrected chi connectivity index (χ1v) is 4.42. The normalized spacial score (nSPS) is 9.31. The SMILES string of the molecule is C#CCONc1nc(C)ncc1C(=O)OC. The smallest absolute Gasteiger partial charge is 0.343 e. The summed E-state index contributed by atoms with van der Waals surface area (Å²) in [7, 11) is 1.27. The first-order chi connectivity index (χ1) is 7.69. The lowest BCUT2D eigenvalue weighted by molar-refractivity contribution is 0.0599. The van der Waals surface area contributed by atoms with Crippen molar-refractivity contribution < 1.29 is 14.4 Å². The van der Waals surface area contributed by atoms with E-state index < -0.39 is 5.97 Å². The lowest BCUT2D eigenvalue weighted by Gasteiger charge is -2.08. The van der Waals surface area contributed by atoms with Crippen LogP contribution in [0.2, 0.25) is 0 Å². The zero-order valence-electron chi connectivity index (χ0n) is 8.98. The molecule has 1 aromatic rings. The van der Waals surface area contributed by atoms with Gasteiger partial charge in [0.05, 0.1) is 7.11 Å². The van der Waals surface area contributed by atoms with Gasteiger partial charge in [0.25, 0.3) is 0 Å². The van der Waals surface area contributed by atoms with Gasteiger partial charge in [-0.3, -0.25) is 4.84 Å². The third-order valence-electron chi connectivity index (χ3n) is 1.64. The van der Waals surface area contributed by atoms with Gasteiger partial charge in [0.2, 0.25) is 0 Å². The molecule has 16 heavy (non-hydrogen) atoms. The average Bonchev–Trinajstić information content (AvgIpc) is 2.29. The van der Waals surface area contributed by atoms with Gasteiger partial charge in [0, 0.05) is 6.20 Å². The highest BCUT2D eigenvalue weighted by molar-refractivity contribution is 5.93. The second-order valence-corrected chi connectivity index (χ2v) is 2.77. The summed E-state index contributed by atoms with van der Waals surface area (Å²) in [6.45, 7) is 1.75. The van der Waals surface area contributed by atoms with Crippen LogP contribution in [0, 0.1) is 19.3 Å². The summed E-state index contributed by atoms with van der Waals surface area (Å²) in [6.07, 6.45) is 6.36. The highest BCUT2D eigenvalue weighted by Gasteiger charge is 2.14. The van der Waals surface area contributed by atoms with E-state index in [0.29, 0.717) is 5.82 Å². The Bertz CT molecular complexity index is 426. The maximum Gasteiger partial charge on any atom is 0.343 e. The fourth-order valence-corrected chi connectivity index (χ4v) is 0.953. The van der Waals surface area contributed by atoms with Crippen molar-refractivity contribution in [2.24, 2.45) is 0 Å². The molecule has 0 aliphatic rings. The van der Waals surface area contributed by atoms with E-state index in [4.69, 9.17) is 11.3 Å². The molecule has 0 bridgehead atoms. The number of nitrogens with one attached hydrogen (secondary N) is 1. The van der Waals surface area contributed by atoms with Crippen molar-refractivity contribution in [1.29, 1.82) is 0 Å². The number of aryl methyl sites for hydroxylation is 1. The Hall–Kier alpha value is -2.13. The van der Waals surface area contributed by atoms with Crippen molar-refractivity contribution >= 4 is 11.8 Å². The summed E-state index contributed by atoms with van der Waals surface area (Å²) in [5.41, 5.74) is 2.66. The Morgan fingerprint density at radius 1 is 1.69 bits per heavy atom. The Labute approximate surface area is 93.0 Å². The van der Waals surface area contributed by atoms with Gasteiger partial charge in [-0.15, -0.1) is 6.42 Å². The third kappa shape index (κ3) is 2.93. The first kappa shape index (κ1) is 11.9. The number of carbonyl (C=O) groups excluding carboxylic acids is 1. The number of hydrogen-bond donors (Lipinski definition) is 1. The van der Waals surface area contributed by atoms with E-state index in [9.17, 15) is 4.79 Å². The van der Waals surface area contributed by atoms with Gasteiger partial charge in [-0.2, -0.15) is 0 Å². The van der Waals surface area contributed by atoms with Gasteiger partial charge in [0.15, 0.2) is 5.82 Å². The molecular formula is C10H11N3O3. The summed E-state index contributed by atoms with van der Waals surface area (Å²) in [4.78, 5) is 24.1. The summed E-state index contributed by atoms with van der Waals surface area (Å²) >= 11 is 0. The number of anilines is 1.